The summed E-state index contributed by atoms with van der Waals surface area (Å²) >= 11 is 0. The summed E-state index contributed by atoms with van der Waals surface area (Å²) in [4.78, 5) is 41.4. The fraction of sp³-hybridized carbons (Fsp3) is 0.250. The van der Waals surface area contributed by atoms with Crippen molar-refractivity contribution in [3.63, 3.8) is 0 Å². The fourth-order valence-corrected chi connectivity index (χ4v) is 2.23. The van der Waals surface area contributed by atoms with E-state index in [2.05, 4.69) is 20.0 Å². The van der Waals surface area contributed by atoms with Crippen molar-refractivity contribution < 1.29 is 23.9 Å². The summed E-state index contributed by atoms with van der Waals surface area (Å²) in [5.41, 5.74) is 1.57. The molecule has 0 aliphatic heterocycles. The molecule has 29 heavy (non-hydrogen) atoms. The standard InChI is InChI=1S/C10H12N2O3.C10H10N2O2/c1-2-15-10(14)9(13)12-7-8-5-3-4-6-11-8;1-2-14-10(13)9-11-7-8-5-3-4-6-12(8)9/h3-6H,2,7H2,1H3,(H,12,13);3-7H,2H2,1H3. The molecule has 0 saturated heterocycles. The first-order valence-electron chi connectivity index (χ1n) is 9.00. The molecule has 0 bridgehead atoms. The Hall–Kier alpha value is -3.75. The predicted molar refractivity (Wildman–Crippen MR) is 104 cm³/mol. The summed E-state index contributed by atoms with van der Waals surface area (Å²) in [6, 6.07) is 11.0. The monoisotopic (exact) mass is 398 g/mol. The van der Waals surface area contributed by atoms with Gasteiger partial charge in [0.05, 0.1) is 37.2 Å². The number of pyridine rings is 2. The molecular formula is C20H22N4O5. The van der Waals surface area contributed by atoms with E-state index in [1.165, 1.54) is 0 Å². The summed E-state index contributed by atoms with van der Waals surface area (Å²) in [7, 11) is 0. The van der Waals surface area contributed by atoms with E-state index < -0.39 is 17.8 Å². The van der Waals surface area contributed by atoms with Crippen LogP contribution in [0.2, 0.25) is 0 Å². The molecule has 0 spiro atoms. The molecule has 9 heteroatoms. The van der Waals surface area contributed by atoms with E-state index in [1.807, 2.05) is 18.2 Å². The summed E-state index contributed by atoms with van der Waals surface area (Å²) < 4.78 is 11.1. The first kappa shape index (κ1) is 21.5. The third kappa shape index (κ3) is 6.42. The predicted octanol–water partition coefficient (Wildman–Crippen LogP) is 1.77. The summed E-state index contributed by atoms with van der Waals surface area (Å²) in [6.45, 7) is 4.19. The zero-order valence-electron chi connectivity index (χ0n) is 16.2. The number of hydrogen-bond acceptors (Lipinski definition) is 7. The Morgan fingerprint density at radius 2 is 1.76 bits per heavy atom. The number of imidazole rings is 1. The lowest BCUT2D eigenvalue weighted by atomic mass is 10.3. The van der Waals surface area contributed by atoms with Gasteiger partial charge < -0.3 is 14.8 Å². The van der Waals surface area contributed by atoms with Crippen molar-refractivity contribution in [2.24, 2.45) is 0 Å². The van der Waals surface area contributed by atoms with Gasteiger partial charge in [0, 0.05) is 12.4 Å². The topological polar surface area (TPSA) is 112 Å². The Balaban J connectivity index is 0.000000207. The number of amides is 1. The molecule has 3 rings (SSSR count). The van der Waals surface area contributed by atoms with Crippen molar-refractivity contribution >= 4 is 23.4 Å². The van der Waals surface area contributed by atoms with Crippen LogP contribution in [0, 0.1) is 0 Å². The van der Waals surface area contributed by atoms with E-state index in [0.29, 0.717) is 18.1 Å². The van der Waals surface area contributed by atoms with Gasteiger partial charge in [-0.3, -0.25) is 14.2 Å². The smallest absolute Gasteiger partial charge is 0.396 e. The normalized spacial score (nSPS) is 9.86. The third-order valence-corrected chi connectivity index (χ3v) is 3.51. The first-order valence-corrected chi connectivity index (χ1v) is 9.00. The second-order valence-corrected chi connectivity index (χ2v) is 5.52. The van der Waals surface area contributed by atoms with E-state index >= 15 is 0 Å². The lowest BCUT2D eigenvalue weighted by molar-refractivity contribution is -0.154. The van der Waals surface area contributed by atoms with Crippen LogP contribution < -0.4 is 5.32 Å². The van der Waals surface area contributed by atoms with Crippen LogP contribution >= 0.6 is 0 Å². The molecule has 3 aromatic heterocycles. The third-order valence-electron chi connectivity index (χ3n) is 3.51. The van der Waals surface area contributed by atoms with Gasteiger partial charge in [0.1, 0.15) is 0 Å². The maximum atomic E-state index is 11.4. The second-order valence-electron chi connectivity index (χ2n) is 5.52. The average molecular weight is 398 g/mol. The van der Waals surface area contributed by atoms with Gasteiger partial charge in [-0.25, -0.2) is 14.6 Å². The molecule has 1 N–H and O–H groups in total. The molecule has 152 valence electrons. The molecule has 0 radical (unpaired) electrons. The van der Waals surface area contributed by atoms with Crippen molar-refractivity contribution in [1.82, 2.24) is 19.7 Å². The maximum Gasteiger partial charge on any atom is 0.396 e. The number of rotatable bonds is 5. The summed E-state index contributed by atoms with van der Waals surface area (Å²) in [6.07, 6.45) is 5.05. The molecule has 9 nitrogen and oxygen atoms in total. The zero-order chi connectivity index (χ0) is 21.1. The Bertz CT molecular complexity index is 956. The van der Waals surface area contributed by atoms with Gasteiger partial charge in [-0.1, -0.05) is 12.1 Å². The molecule has 3 heterocycles. The van der Waals surface area contributed by atoms with Crippen LogP contribution in [0.15, 0.2) is 55.0 Å². The van der Waals surface area contributed by atoms with Crippen molar-refractivity contribution in [2.75, 3.05) is 13.2 Å². The van der Waals surface area contributed by atoms with Gasteiger partial charge in [0.25, 0.3) is 0 Å². The van der Waals surface area contributed by atoms with Crippen LogP contribution in [-0.2, 0) is 25.6 Å². The number of aromatic nitrogens is 3. The molecule has 3 aromatic rings. The number of ether oxygens (including phenoxy) is 2. The van der Waals surface area contributed by atoms with Crippen molar-refractivity contribution in [3.8, 4) is 0 Å². The van der Waals surface area contributed by atoms with Crippen LogP contribution in [-0.4, -0.2) is 45.4 Å². The number of carbonyl (C=O) groups is 3. The largest absolute Gasteiger partial charge is 0.460 e. The van der Waals surface area contributed by atoms with E-state index in [1.54, 1.807) is 55.0 Å². The van der Waals surface area contributed by atoms with Crippen molar-refractivity contribution in [2.45, 2.75) is 20.4 Å². The highest BCUT2D eigenvalue weighted by molar-refractivity contribution is 6.32. The molecule has 0 unspecified atom stereocenters. The van der Waals surface area contributed by atoms with Crippen molar-refractivity contribution in [1.29, 1.82) is 0 Å². The van der Waals surface area contributed by atoms with E-state index in [0.717, 1.165) is 5.52 Å². The van der Waals surface area contributed by atoms with Crippen LogP contribution in [0.25, 0.3) is 5.52 Å². The van der Waals surface area contributed by atoms with Gasteiger partial charge in [-0.15, -0.1) is 0 Å². The number of esters is 2. The average Bonchev–Trinajstić information content (AvgIpc) is 3.18. The van der Waals surface area contributed by atoms with Crippen LogP contribution in [0.4, 0.5) is 0 Å². The molecule has 0 aromatic carbocycles. The van der Waals surface area contributed by atoms with Crippen LogP contribution in [0.5, 0.6) is 0 Å². The van der Waals surface area contributed by atoms with Crippen LogP contribution in [0.3, 0.4) is 0 Å². The molecule has 0 saturated carbocycles. The molecular weight excluding hydrogens is 376 g/mol. The van der Waals surface area contributed by atoms with E-state index in [9.17, 15) is 14.4 Å². The molecule has 0 aliphatic rings. The zero-order valence-corrected chi connectivity index (χ0v) is 16.2. The highest BCUT2D eigenvalue weighted by atomic mass is 16.5. The van der Waals surface area contributed by atoms with Gasteiger partial charge >= 0.3 is 17.8 Å². The van der Waals surface area contributed by atoms with Crippen LogP contribution in [0.1, 0.15) is 30.2 Å². The molecule has 0 aliphatic carbocycles. The minimum absolute atomic E-state index is 0.190. The Kier molecular flexibility index (Phi) is 8.30. The SMILES string of the molecule is CCOC(=O)C(=O)NCc1ccccn1.CCOC(=O)c1ncc2ccccn12. The van der Waals surface area contributed by atoms with E-state index in [4.69, 9.17) is 4.74 Å². The maximum absolute atomic E-state index is 11.4. The molecule has 0 atom stereocenters. The lowest BCUT2D eigenvalue weighted by Crippen LogP contribution is -2.32. The lowest BCUT2D eigenvalue weighted by Gasteiger charge is -2.03. The quantitative estimate of drug-likeness (QED) is 0.515. The van der Waals surface area contributed by atoms with Gasteiger partial charge in [0.2, 0.25) is 5.82 Å². The minimum Gasteiger partial charge on any atom is -0.460 e. The Labute approximate surface area is 167 Å². The Morgan fingerprint density at radius 3 is 2.45 bits per heavy atom. The summed E-state index contributed by atoms with van der Waals surface area (Å²) in [5, 5.41) is 2.41. The minimum atomic E-state index is -0.867. The summed E-state index contributed by atoms with van der Waals surface area (Å²) in [5.74, 6) is -1.68. The number of carbonyl (C=O) groups excluding carboxylic acids is 3. The highest BCUT2D eigenvalue weighted by Gasteiger charge is 2.14. The van der Waals surface area contributed by atoms with Crippen molar-refractivity contribution in [3.05, 3.63) is 66.5 Å². The molecule has 1 amide bonds. The first-order chi connectivity index (χ1) is 14.1. The Morgan fingerprint density at radius 1 is 1.00 bits per heavy atom. The van der Waals surface area contributed by atoms with Gasteiger partial charge in [-0.2, -0.15) is 0 Å². The molecule has 0 fully saturated rings. The second kappa shape index (κ2) is 11.2. The fourth-order valence-electron chi connectivity index (χ4n) is 2.23. The number of fused-ring (bicyclic) bond motifs is 1. The highest BCUT2D eigenvalue weighted by Crippen LogP contribution is 2.06. The van der Waals surface area contributed by atoms with E-state index in [-0.39, 0.29) is 13.2 Å². The van der Waals surface area contributed by atoms with Gasteiger partial charge in [-0.05, 0) is 38.1 Å². The number of nitrogens with zero attached hydrogens (tertiary/aromatic N) is 3. The number of nitrogens with one attached hydrogen (secondary N) is 1. The van der Waals surface area contributed by atoms with Gasteiger partial charge in [0.15, 0.2) is 0 Å². The number of hydrogen-bond donors (Lipinski definition) is 1.